The van der Waals surface area contributed by atoms with Gasteiger partial charge in [-0.1, -0.05) is 88.6 Å². The summed E-state index contributed by atoms with van der Waals surface area (Å²) in [7, 11) is 4.16. The van der Waals surface area contributed by atoms with Crippen molar-refractivity contribution in [2.45, 2.75) is 168 Å². The molecule has 1 unspecified atom stereocenters. The van der Waals surface area contributed by atoms with E-state index in [-0.39, 0.29) is 12.1 Å². The van der Waals surface area contributed by atoms with E-state index in [1.165, 1.54) is 83.5 Å². The molecule has 0 aromatic rings. The number of nitrogens with zero attached hydrogens (tertiary/aromatic N) is 1. The Hall–Kier alpha value is -1.61. The molecule has 0 aromatic heterocycles. The summed E-state index contributed by atoms with van der Waals surface area (Å²) in [5.41, 5.74) is 0. The molecule has 3 heteroatoms. The molecule has 0 aromatic carbocycles. The molecule has 0 heterocycles. The predicted octanol–water partition coefficient (Wildman–Crippen LogP) is 11.9. The molecule has 0 spiro atoms. The minimum atomic E-state index is -0.00254. The summed E-state index contributed by atoms with van der Waals surface area (Å²) in [6, 6.07) is 0. The molecular formula is C39H71NO2. The number of carbonyl (C=O) groups excluding carboxylic acids is 1. The molecule has 0 saturated carbocycles. The molecule has 1 atom stereocenters. The smallest absolute Gasteiger partial charge is 0.306 e. The SMILES string of the molecule is CCC/C=C\CCC(CC/C=C\CCC)CC/C=C/CCCC(CCCC/C=C/CCC)OC(=O)CCCCN(C)C. The van der Waals surface area contributed by atoms with E-state index in [1.807, 2.05) is 0 Å². The van der Waals surface area contributed by atoms with Crippen molar-refractivity contribution in [3.63, 3.8) is 0 Å². The zero-order valence-corrected chi connectivity index (χ0v) is 28.8. The molecule has 0 amide bonds. The van der Waals surface area contributed by atoms with Crippen molar-refractivity contribution in [2.24, 2.45) is 5.92 Å². The molecule has 42 heavy (non-hydrogen) atoms. The molecule has 0 bridgehead atoms. The highest BCUT2D eigenvalue weighted by atomic mass is 16.5. The van der Waals surface area contributed by atoms with Crippen LogP contribution in [-0.4, -0.2) is 37.6 Å². The topological polar surface area (TPSA) is 29.5 Å². The van der Waals surface area contributed by atoms with Crippen LogP contribution in [0.4, 0.5) is 0 Å². The summed E-state index contributed by atoms with van der Waals surface area (Å²) < 4.78 is 5.98. The van der Waals surface area contributed by atoms with Gasteiger partial charge in [0.1, 0.15) is 6.10 Å². The Balaban J connectivity index is 4.55. The second kappa shape index (κ2) is 32.3. The van der Waals surface area contributed by atoms with E-state index in [0.29, 0.717) is 6.42 Å². The maximum Gasteiger partial charge on any atom is 0.306 e. The van der Waals surface area contributed by atoms with Crippen LogP contribution in [0.1, 0.15) is 162 Å². The van der Waals surface area contributed by atoms with Crippen molar-refractivity contribution < 1.29 is 9.53 Å². The van der Waals surface area contributed by atoms with Crippen LogP contribution < -0.4 is 0 Å². The van der Waals surface area contributed by atoms with Gasteiger partial charge in [0.25, 0.3) is 0 Å². The number of carbonyl (C=O) groups is 1. The van der Waals surface area contributed by atoms with Gasteiger partial charge in [-0.15, -0.1) is 0 Å². The van der Waals surface area contributed by atoms with E-state index in [1.54, 1.807) is 0 Å². The maximum absolute atomic E-state index is 12.5. The van der Waals surface area contributed by atoms with Crippen LogP contribution in [0.5, 0.6) is 0 Å². The number of ether oxygens (including phenoxy) is 1. The lowest BCUT2D eigenvalue weighted by Gasteiger charge is -2.18. The van der Waals surface area contributed by atoms with Gasteiger partial charge in [0, 0.05) is 6.42 Å². The molecule has 0 aliphatic heterocycles. The van der Waals surface area contributed by atoms with Crippen LogP contribution in [0.25, 0.3) is 0 Å². The molecule has 0 saturated heterocycles. The Kier molecular flexibility index (Phi) is 31.1. The monoisotopic (exact) mass is 586 g/mol. The average molecular weight is 586 g/mol. The highest BCUT2D eigenvalue weighted by Crippen LogP contribution is 2.21. The summed E-state index contributed by atoms with van der Waals surface area (Å²) >= 11 is 0. The second-order valence-electron chi connectivity index (χ2n) is 12.4. The summed E-state index contributed by atoms with van der Waals surface area (Å²) in [5.74, 6) is 0.808. The predicted molar refractivity (Wildman–Crippen MR) is 187 cm³/mol. The molecule has 0 fully saturated rings. The van der Waals surface area contributed by atoms with E-state index in [2.05, 4.69) is 88.4 Å². The Morgan fingerprint density at radius 1 is 0.548 bits per heavy atom. The first-order chi connectivity index (χ1) is 20.5. The number of unbranched alkanes of at least 4 members (excludes halogenated alkanes) is 7. The molecule has 0 N–H and O–H groups in total. The summed E-state index contributed by atoms with van der Waals surface area (Å²) in [4.78, 5) is 14.7. The number of allylic oxidation sites excluding steroid dienone is 8. The Labute approximate surface area is 263 Å². The van der Waals surface area contributed by atoms with Gasteiger partial charge in [-0.3, -0.25) is 4.79 Å². The molecule has 244 valence electrons. The maximum atomic E-state index is 12.5. The summed E-state index contributed by atoms with van der Waals surface area (Å²) in [6.07, 6.45) is 43.9. The first-order valence-corrected chi connectivity index (χ1v) is 18.0. The van der Waals surface area contributed by atoms with E-state index < -0.39 is 0 Å². The lowest BCUT2D eigenvalue weighted by Crippen LogP contribution is -2.19. The zero-order chi connectivity index (χ0) is 30.9. The van der Waals surface area contributed by atoms with Crippen LogP contribution in [0.3, 0.4) is 0 Å². The van der Waals surface area contributed by atoms with Crippen LogP contribution in [0.15, 0.2) is 48.6 Å². The van der Waals surface area contributed by atoms with Crippen LogP contribution in [0.2, 0.25) is 0 Å². The van der Waals surface area contributed by atoms with Crippen molar-refractivity contribution in [1.82, 2.24) is 4.90 Å². The number of hydrogen-bond donors (Lipinski definition) is 0. The van der Waals surface area contributed by atoms with Gasteiger partial charge in [-0.25, -0.2) is 0 Å². The largest absolute Gasteiger partial charge is 0.462 e. The Morgan fingerprint density at radius 2 is 1.00 bits per heavy atom. The van der Waals surface area contributed by atoms with Gasteiger partial charge >= 0.3 is 5.97 Å². The van der Waals surface area contributed by atoms with Gasteiger partial charge in [-0.2, -0.15) is 0 Å². The van der Waals surface area contributed by atoms with Crippen LogP contribution >= 0.6 is 0 Å². The molecule has 0 rings (SSSR count). The van der Waals surface area contributed by atoms with Gasteiger partial charge in [0.15, 0.2) is 0 Å². The van der Waals surface area contributed by atoms with Gasteiger partial charge in [0.05, 0.1) is 0 Å². The quantitative estimate of drug-likeness (QED) is 0.0477. The van der Waals surface area contributed by atoms with E-state index in [0.717, 1.165) is 63.8 Å². The van der Waals surface area contributed by atoms with E-state index in [9.17, 15) is 4.79 Å². The highest BCUT2D eigenvalue weighted by molar-refractivity contribution is 5.69. The Morgan fingerprint density at radius 3 is 1.50 bits per heavy atom. The highest BCUT2D eigenvalue weighted by Gasteiger charge is 2.14. The molecular weight excluding hydrogens is 514 g/mol. The average Bonchev–Trinajstić information content (AvgIpc) is 2.97. The van der Waals surface area contributed by atoms with Crippen molar-refractivity contribution in [2.75, 3.05) is 20.6 Å². The first-order valence-electron chi connectivity index (χ1n) is 18.0. The molecule has 3 nitrogen and oxygen atoms in total. The van der Waals surface area contributed by atoms with Crippen LogP contribution in [0, 0.1) is 5.92 Å². The minimum Gasteiger partial charge on any atom is -0.462 e. The van der Waals surface area contributed by atoms with E-state index in [4.69, 9.17) is 4.74 Å². The van der Waals surface area contributed by atoms with Crippen molar-refractivity contribution in [3.8, 4) is 0 Å². The molecule has 0 aliphatic rings. The van der Waals surface area contributed by atoms with Gasteiger partial charge < -0.3 is 9.64 Å². The Bertz CT molecular complexity index is 670. The lowest BCUT2D eigenvalue weighted by atomic mass is 9.92. The third-order valence-corrected chi connectivity index (χ3v) is 7.84. The fraction of sp³-hybridized carbons (Fsp3) is 0.769. The van der Waals surface area contributed by atoms with Crippen molar-refractivity contribution in [1.29, 1.82) is 0 Å². The summed E-state index contributed by atoms with van der Waals surface area (Å²) in [5, 5.41) is 0. The zero-order valence-electron chi connectivity index (χ0n) is 28.8. The van der Waals surface area contributed by atoms with E-state index >= 15 is 0 Å². The fourth-order valence-corrected chi connectivity index (χ4v) is 5.17. The normalized spacial score (nSPS) is 13.2. The lowest BCUT2D eigenvalue weighted by molar-refractivity contribution is -0.150. The van der Waals surface area contributed by atoms with Gasteiger partial charge in [0.2, 0.25) is 0 Å². The third-order valence-electron chi connectivity index (χ3n) is 7.84. The number of hydrogen-bond acceptors (Lipinski definition) is 3. The number of rotatable bonds is 30. The van der Waals surface area contributed by atoms with Crippen LogP contribution in [-0.2, 0) is 9.53 Å². The van der Waals surface area contributed by atoms with Crippen molar-refractivity contribution in [3.05, 3.63) is 48.6 Å². The standard InChI is InChI=1S/C39H71NO2/c1-6-9-12-15-16-21-26-33-38(42-39(41)35-28-29-36-40(4)5)34-27-22-17-20-25-32-37(30-23-18-13-10-7-2)31-24-19-14-11-8-3/h12-15,17-20,37-38H,6-11,16,21-36H2,1-5H3/b15-12+,18-13-,19-14-,20-17+. The minimum absolute atomic E-state index is 0.00254. The fourth-order valence-electron chi connectivity index (χ4n) is 5.17. The first kappa shape index (κ1) is 40.4. The molecule has 0 radical (unpaired) electrons. The third kappa shape index (κ3) is 29.9. The summed E-state index contributed by atoms with van der Waals surface area (Å²) in [6.45, 7) is 7.75. The van der Waals surface area contributed by atoms with Gasteiger partial charge in [-0.05, 0) is 142 Å². The second-order valence-corrected chi connectivity index (χ2v) is 12.4. The van der Waals surface area contributed by atoms with Crippen molar-refractivity contribution >= 4 is 5.97 Å². The number of esters is 1. The molecule has 0 aliphatic carbocycles.